The molecule has 0 saturated carbocycles. The molecule has 1 rings (SSSR count). The molecule has 0 unspecified atom stereocenters. The van der Waals surface area contributed by atoms with Crippen LogP contribution in [0.3, 0.4) is 0 Å². The van der Waals surface area contributed by atoms with E-state index in [1.54, 1.807) is 0 Å². The molecule has 5 nitrogen and oxygen atoms in total. The maximum Gasteiger partial charge on any atom is 0.329 e. The van der Waals surface area contributed by atoms with Crippen LogP contribution in [0.15, 0.2) is 18.2 Å². The fraction of sp³-hybridized carbons (Fsp3) is 0.333. The Morgan fingerprint density at radius 1 is 1.24 bits per heavy atom. The molecule has 1 aromatic rings. The molecule has 0 fully saturated rings. The van der Waals surface area contributed by atoms with Gasteiger partial charge in [0.05, 0.1) is 0 Å². The number of ether oxygens (including phenoxy) is 1. The average Bonchev–Trinajstić information content (AvgIpc) is 2.23. The number of nitrogens with one attached hydrogen (secondary N) is 1. The van der Waals surface area contributed by atoms with Crippen molar-refractivity contribution in [2.45, 2.75) is 13.8 Å². The average molecular weight is 237 g/mol. The summed E-state index contributed by atoms with van der Waals surface area (Å²) in [5.74, 6) is -1.45. The van der Waals surface area contributed by atoms with Crippen LogP contribution < -0.4 is 5.32 Å². The zero-order valence-corrected chi connectivity index (χ0v) is 9.82. The lowest BCUT2D eigenvalue weighted by atomic mass is 10.1. The van der Waals surface area contributed by atoms with Crippen LogP contribution in [-0.4, -0.2) is 30.2 Å². The summed E-state index contributed by atoms with van der Waals surface area (Å²) in [6.07, 6.45) is 0. The predicted molar refractivity (Wildman–Crippen MR) is 63.0 cm³/mol. The van der Waals surface area contributed by atoms with Crippen molar-refractivity contribution < 1.29 is 19.4 Å². The molecule has 0 heterocycles. The highest BCUT2D eigenvalue weighted by Crippen LogP contribution is 2.18. The van der Waals surface area contributed by atoms with Crippen LogP contribution in [-0.2, 0) is 14.3 Å². The van der Waals surface area contributed by atoms with E-state index in [1.165, 1.54) is 0 Å². The molecule has 0 aliphatic carbocycles. The summed E-state index contributed by atoms with van der Waals surface area (Å²) in [6.45, 7) is 3.04. The summed E-state index contributed by atoms with van der Waals surface area (Å²) in [5, 5.41) is 11.0. The number of carboxylic acid groups (broad SMARTS) is 1. The van der Waals surface area contributed by atoms with Gasteiger partial charge in [-0.15, -0.1) is 0 Å². The van der Waals surface area contributed by atoms with Crippen molar-refractivity contribution >= 4 is 17.6 Å². The Hall–Kier alpha value is -1.88. The number of anilines is 1. The molecule has 0 aliphatic rings. The van der Waals surface area contributed by atoms with Crippen molar-refractivity contribution in [2.75, 3.05) is 18.5 Å². The van der Waals surface area contributed by atoms with Crippen LogP contribution in [0.25, 0.3) is 0 Å². The first kappa shape index (κ1) is 13.2. The van der Waals surface area contributed by atoms with Crippen LogP contribution in [0.2, 0.25) is 0 Å². The van der Waals surface area contributed by atoms with Gasteiger partial charge in [0, 0.05) is 5.69 Å². The maximum atomic E-state index is 11.5. The van der Waals surface area contributed by atoms with E-state index in [0.717, 1.165) is 16.8 Å². The number of carboxylic acids is 1. The smallest absolute Gasteiger partial charge is 0.329 e. The quantitative estimate of drug-likeness (QED) is 0.810. The molecule has 92 valence electrons. The molecule has 0 aliphatic heterocycles. The van der Waals surface area contributed by atoms with Crippen molar-refractivity contribution in [2.24, 2.45) is 0 Å². The number of amides is 1. The Labute approximate surface area is 99.4 Å². The number of hydrogen-bond donors (Lipinski definition) is 2. The number of rotatable bonds is 5. The molecular weight excluding hydrogens is 222 g/mol. The molecule has 2 N–H and O–H groups in total. The third kappa shape index (κ3) is 4.24. The van der Waals surface area contributed by atoms with Gasteiger partial charge in [0.2, 0.25) is 5.91 Å². The minimum atomic E-state index is -1.09. The van der Waals surface area contributed by atoms with E-state index in [9.17, 15) is 9.59 Å². The zero-order chi connectivity index (χ0) is 12.8. The first-order valence-electron chi connectivity index (χ1n) is 5.16. The molecule has 0 spiro atoms. The Bertz CT molecular complexity index is 408. The van der Waals surface area contributed by atoms with E-state index >= 15 is 0 Å². The van der Waals surface area contributed by atoms with Gasteiger partial charge in [0.15, 0.2) is 0 Å². The number of aliphatic carboxylic acids is 1. The normalized spacial score (nSPS) is 10.0. The second-order valence-corrected chi connectivity index (χ2v) is 3.70. The summed E-state index contributed by atoms with van der Waals surface area (Å²) < 4.78 is 4.70. The van der Waals surface area contributed by atoms with Gasteiger partial charge in [-0.1, -0.05) is 18.2 Å². The molecule has 0 bridgehead atoms. The lowest BCUT2D eigenvalue weighted by Gasteiger charge is -2.11. The van der Waals surface area contributed by atoms with Gasteiger partial charge in [-0.3, -0.25) is 4.79 Å². The highest BCUT2D eigenvalue weighted by molar-refractivity contribution is 5.93. The summed E-state index contributed by atoms with van der Waals surface area (Å²) in [4.78, 5) is 21.7. The van der Waals surface area contributed by atoms with E-state index in [0.29, 0.717) is 0 Å². The zero-order valence-electron chi connectivity index (χ0n) is 9.82. The standard InChI is InChI=1S/C12H15NO4/c1-8-4-3-5-9(2)12(8)13-10(14)6-17-7-11(15)16/h3-5H,6-7H2,1-2H3,(H,13,14)(H,15,16). The van der Waals surface area contributed by atoms with Crippen molar-refractivity contribution in [3.05, 3.63) is 29.3 Å². The topological polar surface area (TPSA) is 75.6 Å². The Balaban J connectivity index is 2.53. The lowest BCUT2D eigenvalue weighted by molar-refractivity contribution is -0.143. The third-order valence-corrected chi connectivity index (χ3v) is 2.20. The fourth-order valence-electron chi connectivity index (χ4n) is 1.42. The largest absolute Gasteiger partial charge is 0.480 e. The highest BCUT2D eigenvalue weighted by Gasteiger charge is 2.07. The molecule has 0 atom stereocenters. The molecule has 1 amide bonds. The summed E-state index contributed by atoms with van der Waals surface area (Å²) in [6, 6.07) is 5.68. The SMILES string of the molecule is Cc1cccc(C)c1NC(=O)COCC(=O)O. The number of para-hydroxylation sites is 1. The second-order valence-electron chi connectivity index (χ2n) is 3.70. The number of carbonyl (C=O) groups is 2. The minimum absolute atomic E-state index is 0.264. The first-order chi connectivity index (χ1) is 8.00. The minimum Gasteiger partial charge on any atom is -0.480 e. The monoisotopic (exact) mass is 237 g/mol. The van der Waals surface area contributed by atoms with E-state index < -0.39 is 12.6 Å². The van der Waals surface area contributed by atoms with Crippen LogP contribution in [0.5, 0.6) is 0 Å². The molecule has 17 heavy (non-hydrogen) atoms. The van der Waals surface area contributed by atoms with Crippen LogP contribution in [0.4, 0.5) is 5.69 Å². The summed E-state index contributed by atoms with van der Waals surface area (Å²) in [5.41, 5.74) is 2.66. The third-order valence-electron chi connectivity index (χ3n) is 2.20. The van der Waals surface area contributed by atoms with Crippen LogP contribution in [0.1, 0.15) is 11.1 Å². The van der Waals surface area contributed by atoms with Gasteiger partial charge >= 0.3 is 5.97 Å². The second kappa shape index (κ2) is 6.00. The molecule has 1 aromatic carbocycles. The Kier molecular flexibility index (Phi) is 4.66. The number of benzene rings is 1. The number of carbonyl (C=O) groups excluding carboxylic acids is 1. The Morgan fingerprint density at radius 3 is 2.35 bits per heavy atom. The highest BCUT2D eigenvalue weighted by atomic mass is 16.5. The van der Waals surface area contributed by atoms with Crippen LogP contribution >= 0.6 is 0 Å². The predicted octanol–water partition coefficient (Wildman–Crippen LogP) is 1.34. The summed E-state index contributed by atoms with van der Waals surface area (Å²) in [7, 11) is 0. The van der Waals surface area contributed by atoms with Gasteiger partial charge in [0.25, 0.3) is 0 Å². The first-order valence-corrected chi connectivity index (χ1v) is 5.16. The van der Waals surface area contributed by atoms with Crippen molar-refractivity contribution in [3.63, 3.8) is 0 Å². The molecule has 5 heteroatoms. The number of aryl methyl sites for hydroxylation is 2. The van der Waals surface area contributed by atoms with E-state index in [2.05, 4.69) is 5.32 Å². The molecule has 0 aromatic heterocycles. The Morgan fingerprint density at radius 2 is 1.82 bits per heavy atom. The molecule has 0 saturated heterocycles. The summed E-state index contributed by atoms with van der Waals surface area (Å²) >= 11 is 0. The molecule has 0 radical (unpaired) electrons. The van der Waals surface area contributed by atoms with Gasteiger partial charge in [-0.25, -0.2) is 4.79 Å². The van der Waals surface area contributed by atoms with E-state index in [4.69, 9.17) is 9.84 Å². The molecular formula is C12H15NO4. The number of hydrogen-bond acceptors (Lipinski definition) is 3. The van der Waals surface area contributed by atoms with E-state index in [-0.39, 0.29) is 12.5 Å². The van der Waals surface area contributed by atoms with Gasteiger partial charge < -0.3 is 15.2 Å². The van der Waals surface area contributed by atoms with E-state index in [1.807, 2.05) is 32.0 Å². The lowest BCUT2D eigenvalue weighted by Crippen LogP contribution is -2.21. The maximum absolute atomic E-state index is 11.5. The fourth-order valence-corrected chi connectivity index (χ4v) is 1.42. The van der Waals surface area contributed by atoms with Crippen molar-refractivity contribution in [1.29, 1.82) is 0 Å². The van der Waals surface area contributed by atoms with Crippen molar-refractivity contribution in [1.82, 2.24) is 0 Å². The van der Waals surface area contributed by atoms with Gasteiger partial charge in [-0.2, -0.15) is 0 Å². The van der Waals surface area contributed by atoms with Gasteiger partial charge in [0.1, 0.15) is 13.2 Å². The van der Waals surface area contributed by atoms with Crippen LogP contribution in [0, 0.1) is 13.8 Å². The van der Waals surface area contributed by atoms with Crippen molar-refractivity contribution in [3.8, 4) is 0 Å². The van der Waals surface area contributed by atoms with Gasteiger partial charge in [-0.05, 0) is 25.0 Å².